The van der Waals surface area contributed by atoms with Crippen molar-refractivity contribution in [1.29, 1.82) is 0 Å². The van der Waals surface area contributed by atoms with Gasteiger partial charge in [0.25, 0.3) is 0 Å². The molecule has 17 heavy (non-hydrogen) atoms. The second kappa shape index (κ2) is 6.19. The Labute approximate surface area is 108 Å². The molecule has 1 aliphatic rings. The summed E-state index contributed by atoms with van der Waals surface area (Å²) in [5, 5.41) is 3.71. The van der Waals surface area contributed by atoms with Gasteiger partial charge in [-0.2, -0.15) is 0 Å². The van der Waals surface area contributed by atoms with Crippen LogP contribution in [0.25, 0.3) is 0 Å². The lowest BCUT2D eigenvalue weighted by atomic mass is 9.87. The predicted molar refractivity (Wildman–Crippen MR) is 76.4 cm³/mol. The Bertz CT molecular complexity index is 225. The molecule has 2 nitrogen and oxygen atoms in total. The van der Waals surface area contributed by atoms with Gasteiger partial charge in [-0.05, 0) is 24.7 Å². The molecule has 0 aliphatic carbocycles. The zero-order valence-corrected chi connectivity index (χ0v) is 12.7. The summed E-state index contributed by atoms with van der Waals surface area (Å²) in [5.74, 6) is 0.787. The zero-order valence-electron chi connectivity index (χ0n) is 12.7. The van der Waals surface area contributed by atoms with E-state index in [1.807, 2.05) is 0 Å². The second-order valence-corrected chi connectivity index (χ2v) is 6.70. The van der Waals surface area contributed by atoms with Crippen molar-refractivity contribution in [3.63, 3.8) is 0 Å². The first-order chi connectivity index (χ1) is 7.89. The molecule has 0 spiro atoms. The summed E-state index contributed by atoms with van der Waals surface area (Å²) >= 11 is 0. The smallest absolute Gasteiger partial charge is 0.0221 e. The Morgan fingerprint density at radius 2 is 2.00 bits per heavy atom. The minimum Gasteiger partial charge on any atom is -0.311 e. The summed E-state index contributed by atoms with van der Waals surface area (Å²) in [6, 6.07) is 1.37. The molecule has 1 aliphatic heterocycles. The molecule has 0 amide bonds. The highest BCUT2D eigenvalue weighted by atomic mass is 15.2. The minimum atomic E-state index is 0.450. The van der Waals surface area contributed by atoms with Crippen molar-refractivity contribution in [2.24, 2.45) is 11.3 Å². The van der Waals surface area contributed by atoms with Gasteiger partial charge >= 0.3 is 0 Å². The fraction of sp³-hybridized carbons (Fsp3) is 1.00. The maximum Gasteiger partial charge on any atom is 0.0221 e. The van der Waals surface area contributed by atoms with E-state index in [-0.39, 0.29) is 0 Å². The number of rotatable bonds is 5. The lowest BCUT2D eigenvalue weighted by Gasteiger charge is -2.44. The first-order valence-corrected chi connectivity index (χ1v) is 7.37. The molecule has 0 radical (unpaired) electrons. The van der Waals surface area contributed by atoms with Crippen LogP contribution < -0.4 is 5.32 Å². The lowest BCUT2D eigenvalue weighted by molar-refractivity contribution is 0.0766. The first-order valence-electron chi connectivity index (χ1n) is 7.37. The molecule has 102 valence electrons. The van der Waals surface area contributed by atoms with Crippen LogP contribution in [0.3, 0.4) is 0 Å². The summed E-state index contributed by atoms with van der Waals surface area (Å²) in [6.07, 6.45) is 2.54. The lowest BCUT2D eigenvalue weighted by Crippen LogP contribution is -2.58. The van der Waals surface area contributed by atoms with Crippen LogP contribution in [-0.2, 0) is 0 Å². The molecule has 0 bridgehead atoms. The van der Waals surface area contributed by atoms with Gasteiger partial charge in [0, 0.05) is 31.7 Å². The highest BCUT2D eigenvalue weighted by Crippen LogP contribution is 2.24. The third-order valence-electron chi connectivity index (χ3n) is 4.65. The SMILES string of the molecule is CCC(C)C1CN(CC(C)(C)CC)C(C)CN1. The van der Waals surface area contributed by atoms with Crippen molar-refractivity contribution in [3.05, 3.63) is 0 Å². The molecule has 3 atom stereocenters. The van der Waals surface area contributed by atoms with E-state index in [1.54, 1.807) is 0 Å². The van der Waals surface area contributed by atoms with Gasteiger partial charge < -0.3 is 5.32 Å². The number of nitrogens with zero attached hydrogens (tertiary/aromatic N) is 1. The molecule has 0 aromatic heterocycles. The quantitative estimate of drug-likeness (QED) is 0.794. The number of hydrogen-bond donors (Lipinski definition) is 1. The number of piperazine rings is 1. The Morgan fingerprint density at radius 3 is 2.53 bits per heavy atom. The Hall–Kier alpha value is -0.0800. The third kappa shape index (κ3) is 4.26. The Kier molecular flexibility index (Phi) is 5.46. The van der Waals surface area contributed by atoms with Crippen molar-refractivity contribution in [3.8, 4) is 0 Å². The molecule has 1 N–H and O–H groups in total. The first kappa shape index (κ1) is 15.0. The normalized spacial score (nSPS) is 29.3. The molecule has 1 heterocycles. The maximum atomic E-state index is 3.71. The Morgan fingerprint density at radius 1 is 1.35 bits per heavy atom. The second-order valence-electron chi connectivity index (χ2n) is 6.70. The zero-order chi connectivity index (χ0) is 13.1. The van der Waals surface area contributed by atoms with E-state index in [2.05, 4.69) is 51.8 Å². The van der Waals surface area contributed by atoms with E-state index in [4.69, 9.17) is 0 Å². The van der Waals surface area contributed by atoms with E-state index >= 15 is 0 Å². The molecule has 2 heteroatoms. The van der Waals surface area contributed by atoms with Gasteiger partial charge in [0.2, 0.25) is 0 Å². The molecule has 0 aromatic carbocycles. The number of hydrogen-bond acceptors (Lipinski definition) is 2. The van der Waals surface area contributed by atoms with Gasteiger partial charge in [0.15, 0.2) is 0 Å². The summed E-state index contributed by atoms with van der Waals surface area (Å²) < 4.78 is 0. The van der Waals surface area contributed by atoms with Gasteiger partial charge in [-0.25, -0.2) is 0 Å². The largest absolute Gasteiger partial charge is 0.311 e. The summed E-state index contributed by atoms with van der Waals surface area (Å²) in [6.45, 7) is 17.7. The molecular weight excluding hydrogens is 208 g/mol. The van der Waals surface area contributed by atoms with Crippen molar-refractivity contribution < 1.29 is 0 Å². The van der Waals surface area contributed by atoms with Crippen LogP contribution in [0.2, 0.25) is 0 Å². The van der Waals surface area contributed by atoms with E-state index in [0.717, 1.165) is 12.5 Å². The van der Waals surface area contributed by atoms with E-state index < -0.39 is 0 Å². The molecular formula is C15H32N2. The molecule has 0 saturated carbocycles. The Balaban J connectivity index is 2.57. The minimum absolute atomic E-state index is 0.450. The average molecular weight is 240 g/mol. The van der Waals surface area contributed by atoms with Crippen LogP contribution in [0.5, 0.6) is 0 Å². The van der Waals surface area contributed by atoms with E-state index in [0.29, 0.717) is 17.5 Å². The van der Waals surface area contributed by atoms with Crippen LogP contribution >= 0.6 is 0 Å². The highest BCUT2D eigenvalue weighted by Gasteiger charge is 2.30. The monoisotopic (exact) mass is 240 g/mol. The third-order valence-corrected chi connectivity index (χ3v) is 4.65. The van der Waals surface area contributed by atoms with Crippen LogP contribution in [-0.4, -0.2) is 36.6 Å². The van der Waals surface area contributed by atoms with Gasteiger partial charge in [-0.3, -0.25) is 4.90 Å². The summed E-state index contributed by atoms with van der Waals surface area (Å²) in [7, 11) is 0. The fourth-order valence-electron chi connectivity index (χ4n) is 2.50. The van der Waals surface area contributed by atoms with Crippen molar-refractivity contribution in [1.82, 2.24) is 10.2 Å². The molecule has 0 aromatic rings. The average Bonchev–Trinajstić information content (AvgIpc) is 2.30. The summed E-state index contributed by atoms with van der Waals surface area (Å²) in [4.78, 5) is 2.69. The molecule has 1 rings (SSSR count). The van der Waals surface area contributed by atoms with E-state index in [1.165, 1.54) is 25.9 Å². The van der Waals surface area contributed by atoms with Gasteiger partial charge in [-0.1, -0.05) is 41.0 Å². The topological polar surface area (TPSA) is 15.3 Å². The van der Waals surface area contributed by atoms with Gasteiger partial charge in [0.1, 0.15) is 0 Å². The standard InChI is InChI=1S/C15H32N2/c1-7-12(3)14-10-17(13(4)9-16-14)11-15(5,6)8-2/h12-14,16H,7-11H2,1-6H3. The van der Waals surface area contributed by atoms with Crippen LogP contribution in [0.1, 0.15) is 54.4 Å². The van der Waals surface area contributed by atoms with Crippen LogP contribution in [0.4, 0.5) is 0 Å². The highest BCUT2D eigenvalue weighted by molar-refractivity contribution is 4.88. The molecule has 1 fully saturated rings. The van der Waals surface area contributed by atoms with Crippen molar-refractivity contribution >= 4 is 0 Å². The summed E-state index contributed by atoms with van der Waals surface area (Å²) in [5.41, 5.74) is 0.450. The van der Waals surface area contributed by atoms with Crippen LogP contribution in [0.15, 0.2) is 0 Å². The van der Waals surface area contributed by atoms with E-state index in [9.17, 15) is 0 Å². The van der Waals surface area contributed by atoms with Gasteiger partial charge in [0.05, 0.1) is 0 Å². The molecule has 3 unspecified atom stereocenters. The number of nitrogens with one attached hydrogen (secondary N) is 1. The maximum absolute atomic E-state index is 3.71. The predicted octanol–water partition coefficient (Wildman–Crippen LogP) is 3.13. The molecule has 1 saturated heterocycles. The fourth-order valence-corrected chi connectivity index (χ4v) is 2.50. The van der Waals surface area contributed by atoms with Crippen molar-refractivity contribution in [2.75, 3.05) is 19.6 Å². The van der Waals surface area contributed by atoms with Gasteiger partial charge in [-0.15, -0.1) is 0 Å². The van der Waals surface area contributed by atoms with Crippen molar-refractivity contribution in [2.45, 2.75) is 66.5 Å². The van der Waals surface area contributed by atoms with Crippen LogP contribution in [0, 0.1) is 11.3 Å².